The quantitative estimate of drug-likeness (QED) is 0.660. The van der Waals surface area contributed by atoms with E-state index in [1.807, 2.05) is 0 Å². The molecular formula is C19H18ClF2NO5. The molecule has 2 rings (SSSR count). The minimum atomic E-state index is -3.04. The van der Waals surface area contributed by atoms with Crippen LogP contribution in [0.3, 0.4) is 0 Å². The van der Waals surface area contributed by atoms with Crippen molar-refractivity contribution in [2.45, 2.75) is 26.1 Å². The van der Waals surface area contributed by atoms with Gasteiger partial charge >= 0.3 is 12.6 Å². The fraction of sp³-hybridized carbons (Fsp3) is 0.263. The summed E-state index contributed by atoms with van der Waals surface area (Å²) in [7, 11) is 1.45. The number of nitrogens with one attached hydrogen (secondary N) is 1. The molecule has 28 heavy (non-hydrogen) atoms. The Kier molecular flexibility index (Phi) is 7.57. The van der Waals surface area contributed by atoms with E-state index in [2.05, 4.69) is 10.1 Å². The first-order valence-electron chi connectivity index (χ1n) is 8.16. The Hall–Kier alpha value is -2.87. The van der Waals surface area contributed by atoms with Crippen molar-refractivity contribution in [2.24, 2.45) is 0 Å². The molecule has 0 aliphatic heterocycles. The van der Waals surface area contributed by atoms with Gasteiger partial charge in [-0.3, -0.25) is 9.59 Å². The number of amides is 1. The molecule has 0 radical (unpaired) electrons. The van der Waals surface area contributed by atoms with Gasteiger partial charge in [0.2, 0.25) is 0 Å². The summed E-state index contributed by atoms with van der Waals surface area (Å²) in [5.41, 5.74) is 0.537. The number of para-hydroxylation sites is 2. The molecule has 2 aromatic rings. The number of anilines is 1. The molecule has 1 N–H and O–H groups in total. The van der Waals surface area contributed by atoms with Crippen molar-refractivity contribution in [1.29, 1.82) is 0 Å². The number of rotatable bonds is 8. The molecule has 0 aliphatic rings. The lowest BCUT2D eigenvalue weighted by atomic mass is 10.1. The molecule has 0 saturated carbocycles. The van der Waals surface area contributed by atoms with Gasteiger partial charge in [-0.25, -0.2) is 0 Å². The Balaban J connectivity index is 1.99. The van der Waals surface area contributed by atoms with Gasteiger partial charge < -0.3 is 19.5 Å². The monoisotopic (exact) mass is 413 g/mol. The van der Waals surface area contributed by atoms with Crippen molar-refractivity contribution in [2.75, 3.05) is 12.4 Å². The third kappa shape index (κ3) is 6.09. The van der Waals surface area contributed by atoms with Gasteiger partial charge in [-0.05, 0) is 37.3 Å². The van der Waals surface area contributed by atoms with Crippen LogP contribution in [0, 0.1) is 0 Å². The van der Waals surface area contributed by atoms with Crippen LogP contribution >= 0.6 is 11.6 Å². The van der Waals surface area contributed by atoms with Gasteiger partial charge in [0, 0.05) is 10.6 Å². The van der Waals surface area contributed by atoms with Crippen LogP contribution in [0.2, 0.25) is 5.02 Å². The third-order valence-electron chi connectivity index (χ3n) is 3.62. The molecule has 0 aromatic heterocycles. The van der Waals surface area contributed by atoms with Crippen LogP contribution in [0.4, 0.5) is 14.5 Å². The molecule has 0 spiro atoms. The van der Waals surface area contributed by atoms with Crippen LogP contribution in [0.15, 0.2) is 42.5 Å². The van der Waals surface area contributed by atoms with E-state index in [1.54, 1.807) is 18.2 Å². The Morgan fingerprint density at radius 2 is 1.86 bits per heavy atom. The molecule has 0 heterocycles. The highest BCUT2D eigenvalue weighted by molar-refractivity contribution is 6.30. The predicted molar refractivity (Wildman–Crippen MR) is 99.0 cm³/mol. The highest BCUT2D eigenvalue weighted by atomic mass is 35.5. The van der Waals surface area contributed by atoms with Crippen molar-refractivity contribution in [3.63, 3.8) is 0 Å². The topological polar surface area (TPSA) is 73.9 Å². The molecule has 0 bridgehead atoms. The number of alkyl halides is 2. The van der Waals surface area contributed by atoms with Crippen LogP contribution < -0.4 is 14.8 Å². The standard InChI is InChI=1S/C19H18ClF2NO5/c1-11(18(25)23-14-5-3-4-6-16(14)28-19(21)22)27-17(24)10-12-9-13(20)7-8-15(12)26-2/h3-9,11,19H,10H2,1-2H3,(H,23,25)/t11-/m0/s1. The lowest BCUT2D eigenvalue weighted by Crippen LogP contribution is -2.30. The molecular weight excluding hydrogens is 396 g/mol. The summed E-state index contributed by atoms with van der Waals surface area (Å²) < 4.78 is 39.5. The second-order valence-corrected chi connectivity index (χ2v) is 6.07. The van der Waals surface area contributed by atoms with E-state index in [-0.39, 0.29) is 17.9 Å². The lowest BCUT2D eigenvalue weighted by molar-refractivity contribution is -0.152. The number of benzene rings is 2. The molecule has 1 amide bonds. The van der Waals surface area contributed by atoms with E-state index in [9.17, 15) is 18.4 Å². The van der Waals surface area contributed by atoms with E-state index in [4.69, 9.17) is 21.1 Å². The molecule has 6 nitrogen and oxygen atoms in total. The minimum absolute atomic E-state index is 0.0345. The van der Waals surface area contributed by atoms with Crippen LogP contribution in [0.25, 0.3) is 0 Å². The number of carbonyl (C=O) groups excluding carboxylic acids is 2. The lowest BCUT2D eigenvalue weighted by Gasteiger charge is -2.16. The number of hydrogen-bond donors (Lipinski definition) is 1. The van der Waals surface area contributed by atoms with Gasteiger partial charge in [0.15, 0.2) is 6.10 Å². The van der Waals surface area contributed by atoms with E-state index in [0.717, 1.165) is 0 Å². The van der Waals surface area contributed by atoms with Crippen LogP contribution in [-0.4, -0.2) is 31.7 Å². The smallest absolute Gasteiger partial charge is 0.387 e. The molecule has 2 aromatic carbocycles. The summed E-state index contributed by atoms with van der Waals surface area (Å²) in [6.07, 6.45) is -1.33. The van der Waals surface area contributed by atoms with E-state index < -0.39 is 24.6 Å². The number of methoxy groups -OCH3 is 1. The summed E-state index contributed by atoms with van der Waals surface area (Å²) in [5.74, 6) is -1.12. The van der Waals surface area contributed by atoms with E-state index in [0.29, 0.717) is 16.3 Å². The number of esters is 1. The summed E-state index contributed by atoms with van der Waals surface area (Å²) in [6.45, 7) is -1.68. The first-order valence-corrected chi connectivity index (χ1v) is 8.54. The fourth-order valence-corrected chi connectivity index (χ4v) is 2.53. The van der Waals surface area contributed by atoms with Crippen molar-refractivity contribution in [3.05, 3.63) is 53.1 Å². The largest absolute Gasteiger partial charge is 0.496 e. The van der Waals surface area contributed by atoms with Gasteiger partial charge in [-0.15, -0.1) is 0 Å². The third-order valence-corrected chi connectivity index (χ3v) is 3.85. The molecule has 0 unspecified atom stereocenters. The van der Waals surface area contributed by atoms with Crippen LogP contribution in [0.1, 0.15) is 12.5 Å². The second-order valence-electron chi connectivity index (χ2n) is 5.63. The zero-order chi connectivity index (χ0) is 20.7. The number of hydrogen-bond acceptors (Lipinski definition) is 5. The number of carbonyl (C=O) groups is 2. The minimum Gasteiger partial charge on any atom is -0.496 e. The summed E-state index contributed by atoms with van der Waals surface area (Å²) in [4.78, 5) is 24.4. The Morgan fingerprint density at radius 1 is 1.14 bits per heavy atom. The predicted octanol–water partition coefficient (Wildman–Crippen LogP) is 4.06. The maximum Gasteiger partial charge on any atom is 0.387 e. The summed E-state index contributed by atoms with van der Waals surface area (Å²) >= 11 is 5.92. The van der Waals surface area contributed by atoms with Crippen molar-refractivity contribution in [3.8, 4) is 11.5 Å². The Bertz CT molecular complexity index is 847. The molecule has 150 valence electrons. The van der Waals surface area contributed by atoms with Crippen molar-refractivity contribution >= 4 is 29.2 Å². The maximum absolute atomic E-state index is 12.4. The summed E-state index contributed by atoms with van der Waals surface area (Å²) in [5, 5.41) is 2.82. The number of halogens is 3. The average molecular weight is 414 g/mol. The van der Waals surface area contributed by atoms with Gasteiger partial charge in [-0.1, -0.05) is 23.7 Å². The van der Waals surface area contributed by atoms with Gasteiger partial charge in [-0.2, -0.15) is 8.78 Å². The van der Waals surface area contributed by atoms with Gasteiger partial charge in [0.05, 0.1) is 19.2 Å². The Morgan fingerprint density at radius 3 is 2.54 bits per heavy atom. The zero-order valence-electron chi connectivity index (χ0n) is 15.1. The van der Waals surface area contributed by atoms with Crippen LogP contribution in [-0.2, 0) is 20.7 Å². The molecule has 0 aliphatic carbocycles. The molecule has 0 fully saturated rings. The SMILES string of the molecule is COc1ccc(Cl)cc1CC(=O)O[C@@H](C)C(=O)Nc1ccccc1OC(F)F. The normalized spacial score (nSPS) is 11.6. The van der Waals surface area contributed by atoms with Gasteiger partial charge in [0.1, 0.15) is 11.5 Å². The van der Waals surface area contributed by atoms with E-state index >= 15 is 0 Å². The molecule has 1 atom stereocenters. The fourth-order valence-electron chi connectivity index (χ4n) is 2.34. The maximum atomic E-state index is 12.4. The van der Waals surface area contributed by atoms with Gasteiger partial charge in [0.25, 0.3) is 5.91 Å². The first kappa shape index (κ1) is 21.4. The summed E-state index contributed by atoms with van der Waals surface area (Å²) in [6, 6.07) is 10.5. The highest BCUT2D eigenvalue weighted by Crippen LogP contribution is 2.26. The Labute approximate surface area is 165 Å². The highest BCUT2D eigenvalue weighted by Gasteiger charge is 2.21. The average Bonchev–Trinajstić information content (AvgIpc) is 2.63. The first-order chi connectivity index (χ1) is 13.3. The van der Waals surface area contributed by atoms with E-state index in [1.165, 1.54) is 38.3 Å². The zero-order valence-corrected chi connectivity index (χ0v) is 15.8. The molecule has 0 saturated heterocycles. The van der Waals surface area contributed by atoms with Crippen molar-refractivity contribution in [1.82, 2.24) is 0 Å². The number of ether oxygens (including phenoxy) is 3. The van der Waals surface area contributed by atoms with Crippen LogP contribution in [0.5, 0.6) is 11.5 Å². The molecule has 9 heteroatoms. The second kappa shape index (κ2) is 9.89. The van der Waals surface area contributed by atoms with Crippen molar-refractivity contribution < 1.29 is 32.6 Å².